The standard InChI is InChI=1S/C12H15ClO.C11H14ClNO.C10H18O5/c1-2-5-12-10-7-4-3-6-9(10)11(13)8-14-12;1-13-6-11-9-5-3-2-4-8(9)10(12)7-14-11;1-9(2,3)14-7(11)13-8(12)15-10(4,5)6/h3-4,6-7,11-12H,2,5,8H2,1H3;2-5,10-11,13H,6-7H2,1H3;1-6H3. The third-order valence-corrected chi connectivity index (χ3v) is 6.86. The van der Waals surface area contributed by atoms with Crippen LogP contribution in [0.4, 0.5) is 9.59 Å². The van der Waals surface area contributed by atoms with Crippen molar-refractivity contribution in [3.63, 3.8) is 0 Å². The summed E-state index contributed by atoms with van der Waals surface area (Å²) in [5.41, 5.74) is 3.56. The maximum Gasteiger partial charge on any atom is 0.519 e. The Kier molecular flexibility index (Phi) is 14.7. The number of hydrogen-bond acceptors (Lipinski definition) is 8. The van der Waals surface area contributed by atoms with Gasteiger partial charge in [-0.15, -0.1) is 23.2 Å². The van der Waals surface area contributed by atoms with Crippen molar-refractivity contribution in [2.24, 2.45) is 0 Å². The molecule has 1 N–H and O–H groups in total. The minimum Gasteiger partial charge on any atom is -0.428 e. The van der Waals surface area contributed by atoms with Crippen LogP contribution in [-0.4, -0.2) is 50.3 Å². The van der Waals surface area contributed by atoms with E-state index in [-0.39, 0.29) is 23.0 Å². The van der Waals surface area contributed by atoms with Crippen LogP contribution in [0, 0.1) is 0 Å². The topological polar surface area (TPSA) is 92.3 Å². The molecule has 43 heavy (non-hydrogen) atoms. The second-order valence-corrected chi connectivity index (χ2v) is 13.3. The van der Waals surface area contributed by atoms with E-state index in [4.69, 9.17) is 42.1 Å². The lowest BCUT2D eigenvalue weighted by Crippen LogP contribution is -2.29. The summed E-state index contributed by atoms with van der Waals surface area (Å²) in [7, 11) is 1.93. The van der Waals surface area contributed by atoms with Crippen LogP contribution >= 0.6 is 23.2 Å². The molecule has 4 atom stereocenters. The van der Waals surface area contributed by atoms with E-state index in [2.05, 4.69) is 47.3 Å². The van der Waals surface area contributed by atoms with Gasteiger partial charge in [-0.2, -0.15) is 0 Å². The molecule has 0 saturated heterocycles. The van der Waals surface area contributed by atoms with E-state index in [9.17, 15) is 9.59 Å². The molecular formula is C33H47Cl2NO7. The lowest BCUT2D eigenvalue weighted by atomic mass is 9.95. The van der Waals surface area contributed by atoms with Crippen molar-refractivity contribution in [1.29, 1.82) is 0 Å². The van der Waals surface area contributed by atoms with E-state index in [1.54, 1.807) is 41.5 Å². The number of ether oxygens (including phenoxy) is 5. The average molecular weight is 641 g/mol. The summed E-state index contributed by atoms with van der Waals surface area (Å²) in [5, 5.41) is 3.15. The fourth-order valence-electron chi connectivity index (χ4n) is 4.40. The van der Waals surface area contributed by atoms with Gasteiger partial charge < -0.3 is 29.0 Å². The monoisotopic (exact) mass is 639 g/mol. The smallest absolute Gasteiger partial charge is 0.428 e. The summed E-state index contributed by atoms with van der Waals surface area (Å²) < 4.78 is 25.2. The lowest BCUT2D eigenvalue weighted by Gasteiger charge is -2.28. The minimum atomic E-state index is -1.06. The Balaban J connectivity index is 0.000000225. The zero-order valence-corrected chi connectivity index (χ0v) is 28.1. The molecule has 2 aliphatic heterocycles. The Hall–Kier alpha value is -2.36. The van der Waals surface area contributed by atoms with Gasteiger partial charge in [-0.1, -0.05) is 61.9 Å². The van der Waals surface area contributed by atoms with Gasteiger partial charge >= 0.3 is 12.3 Å². The summed E-state index contributed by atoms with van der Waals surface area (Å²) in [5.74, 6) is 0. The summed E-state index contributed by atoms with van der Waals surface area (Å²) in [4.78, 5) is 22.0. The highest BCUT2D eigenvalue weighted by atomic mass is 35.5. The maximum atomic E-state index is 11.0. The van der Waals surface area contributed by atoms with Crippen LogP contribution in [0.1, 0.15) is 107 Å². The predicted molar refractivity (Wildman–Crippen MR) is 170 cm³/mol. The van der Waals surface area contributed by atoms with Crippen molar-refractivity contribution in [2.75, 3.05) is 26.8 Å². The normalized spacial score (nSPS) is 21.0. The first-order chi connectivity index (χ1) is 20.1. The van der Waals surface area contributed by atoms with Gasteiger partial charge in [-0.25, -0.2) is 9.59 Å². The number of rotatable bonds is 4. The number of hydrogen-bond donors (Lipinski definition) is 1. The number of carbonyl (C=O) groups is 2. The molecule has 2 aromatic carbocycles. The predicted octanol–water partition coefficient (Wildman–Crippen LogP) is 8.97. The number of likely N-dealkylation sites (N-methyl/N-ethyl adjacent to an activating group) is 1. The number of halogens is 2. The summed E-state index contributed by atoms with van der Waals surface area (Å²) in [6.07, 6.45) is 0.512. The highest BCUT2D eigenvalue weighted by Gasteiger charge is 2.27. The van der Waals surface area contributed by atoms with E-state index < -0.39 is 23.5 Å². The van der Waals surface area contributed by atoms with Crippen LogP contribution in [0.3, 0.4) is 0 Å². The van der Waals surface area contributed by atoms with Gasteiger partial charge in [0.05, 0.1) is 36.2 Å². The maximum absolute atomic E-state index is 11.0. The molecule has 0 aliphatic carbocycles. The number of alkyl halides is 2. The highest BCUT2D eigenvalue weighted by Crippen LogP contribution is 2.38. The number of nitrogens with one attached hydrogen (secondary N) is 1. The summed E-state index contributed by atoms with van der Waals surface area (Å²) >= 11 is 12.4. The van der Waals surface area contributed by atoms with Gasteiger partial charge in [0.2, 0.25) is 0 Å². The zero-order valence-electron chi connectivity index (χ0n) is 26.6. The summed E-state index contributed by atoms with van der Waals surface area (Å²) in [6.45, 7) is 14.3. The molecule has 4 unspecified atom stereocenters. The molecule has 240 valence electrons. The molecule has 0 saturated carbocycles. The van der Waals surface area contributed by atoms with E-state index in [1.807, 2.05) is 25.2 Å². The zero-order chi connectivity index (χ0) is 32.2. The molecular weight excluding hydrogens is 593 g/mol. The molecule has 0 amide bonds. The Morgan fingerprint density at radius 3 is 1.56 bits per heavy atom. The molecule has 4 rings (SSSR count). The van der Waals surface area contributed by atoms with E-state index in [0.717, 1.165) is 19.4 Å². The van der Waals surface area contributed by atoms with Crippen LogP contribution < -0.4 is 5.32 Å². The molecule has 0 spiro atoms. The number of carbonyl (C=O) groups excluding carboxylic acids is 2. The van der Waals surface area contributed by atoms with Crippen molar-refractivity contribution in [2.45, 2.75) is 95.5 Å². The lowest BCUT2D eigenvalue weighted by molar-refractivity contribution is -0.0293. The second kappa shape index (κ2) is 17.2. The van der Waals surface area contributed by atoms with Gasteiger partial charge in [0.15, 0.2) is 0 Å². The molecule has 2 aliphatic rings. The first-order valence-corrected chi connectivity index (χ1v) is 15.5. The van der Waals surface area contributed by atoms with Gasteiger partial charge in [0, 0.05) is 6.54 Å². The van der Waals surface area contributed by atoms with Crippen LogP contribution in [0.25, 0.3) is 0 Å². The van der Waals surface area contributed by atoms with Crippen molar-refractivity contribution >= 4 is 35.5 Å². The van der Waals surface area contributed by atoms with Crippen LogP contribution in [0.15, 0.2) is 48.5 Å². The van der Waals surface area contributed by atoms with Crippen molar-refractivity contribution in [3.05, 3.63) is 70.8 Å². The Bertz CT molecular complexity index is 1070. The minimum absolute atomic E-state index is 0.000642. The van der Waals surface area contributed by atoms with Crippen molar-refractivity contribution < 1.29 is 33.3 Å². The quantitative estimate of drug-likeness (QED) is 0.201. The Morgan fingerprint density at radius 1 is 0.767 bits per heavy atom. The molecule has 0 radical (unpaired) electrons. The molecule has 10 heteroatoms. The number of fused-ring (bicyclic) bond motifs is 2. The first kappa shape index (κ1) is 36.8. The fraction of sp³-hybridized carbons (Fsp3) is 0.576. The van der Waals surface area contributed by atoms with Crippen molar-refractivity contribution in [3.8, 4) is 0 Å². The van der Waals surface area contributed by atoms with Crippen LogP contribution in [-0.2, 0) is 23.7 Å². The van der Waals surface area contributed by atoms with Gasteiger partial charge in [-0.05, 0) is 77.3 Å². The van der Waals surface area contributed by atoms with E-state index >= 15 is 0 Å². The van der Waals surface area contributed by atoms with Gasteiger partial charge in [-0.3, -0.25) is 0 Å². The number of benzene rings is 2. The van der Waals surface area contributed by atoms with E-state index in [1.165, 1.54) is 22.3 Å². The highest BCUT2D eigenvalue weighted by molar-refractivity contribution is 6.21. The molecule has 2 heterocycles. The largest absolute Gasteiger partial charge is 0.519 e. The molecule has 0 fully saturated rings. The molecule has 0 aromatic heterocycles. The van der Waals surface area contributed by atoms with Crippen LogP contribution in [0.2, 0.25) is 0 Å². The van der Waals surface area contributed by atoms with Crippen LogP contribution in [0.5, 0.6) is 0 Å². The van der Waals surface area contributed by atoms with Crippen molar-refractivity contribution in [1.82, 2.24) is 5.32 Å². The van der Waals surface area contributed by atoms with Gasteiger partial charge in [0.1, 0.15) is 11.2 Å². The van der Waals surface area contributed by atoms with Gasteiger partial charge in [0.25, 0.3) is 0 Å². The molecule has 2 aromatic rings. The third kappa shape index (κ3) is 13.0. The second-order valence-electron chi connectivity index (χ2n) is 12.2. The Labute approximate surface area is 266 Å². The fourth-order valence-corrected chi connectivity index (χ4v) is 4.95. The first-order valence-electron chi connectivity index (χ1n) is 14.6. The average Bonchev–Trinajstić information content (AvgIpc) is 2.91. The van der Waals surface area contributed by atoms with E-state index in [0.29, 0.717) is 13.2 Å². The summed E-state index contributed by atoms with van der Waals surface area (Å²) in [6, 6.07) is 16.6. The Morgan fingerprint density at radius 2 is 1.16 bits per heavy atom. The third-order valence-electron chi connectivity index (χ3n) is 6.13. The molecule has 0 bridgehead atoms. The SMILES string of the molecule is CC(C)(C)OC(=O)OC(=O)OC(C)(C)C.CCCC1OCC(Cl)c2ccccc21.CNCC1OCC(Cl)c2ccccc21. The molecule has 8 nitrogen and oxygen atoms in total.